The minimum absolute atomic E-state index is 0.148. The van der Waals surface area contributed by atoms with E-state index in [9.17, 15) is 26.2 Å². The van der Waals surface area contributed by atoms with Crippen LogP contribution in [0.15, 0.2) is 35.7 Å². The van der Waals surface area contributed by atoms with Crippen LogP contribution in [0.25, 0.3) is 5.70 Å². The Balaban J connectivity index is 1.99. The van der Waals surface area contributed by atoms with Crippen molar-refractivity contribution in [3.05, 3.63) is 42.1 Å². The van der Waals surface area contributed by atoms with Crippen molar-refractivity contribution in [2.24, 2.45) is 11.1 Å². The van der Waals surface area contributed by atoms with Gasteiger partial charge in [-0.1, -0.05) is 12.6 Å². The molecule has 1 saturated carbocycles. The number of methoxy groups -OCH3 is 1. The smallest absolute Gasteiger partial charge is 0.423 e. The van der Waals surface area contributed by atoms with Crippen LogP contribution in [0.3, 0.4) is 0 Å². The third kappa shape index (κ3) is 5.24. The van der Waals surface area contributed by atoms with Gasteiger partial charge in [-0.15, -0.1) is 5.10 Å². The Labute approximate surface area is 177 Å². The van der Waals surface area contributed by atoms with Crippen LogP contribution in [0.4, 0.5) is 27.6 Å². The summed E-state index contributed by atoms with van der Waals surface area (Å²) in [6.45, 7) is 3.55. The van der Waals surface area contributed by atoms with Crippen LogP contribution >= 0.6 is 0 Å². The van der Waals surface area contributed by atoms with E-state index in [0.29, 0.717) is 5.69 Å². The van der Waals surface area contributed by atoms with Crippen molar-refractivity contribution in [2.75, 3.05) is 12.4 Å². The zero-order valence-corrected chi connectivity index (χ0v) is 17.3. The Morgan fingerprint density at radius 1 is 1.45 bits per heavy atom. The number of benzene rings is 1. The molecule has 1 aromatic carbocycles. The van der Waals surface area contributed by atoms with Gasteiger partial charge in [0.25, 0.3) is 0 Å². The Morgan fingerprint density at radius 2 is 2.16 bits per heavy atom. The summed E-state index contributed by atoms with van der Waals surface area (Å²) in [7, 11) is -0.741. The van der Waals surface area contributed by atoms with E-state index in [1.54, 1.807) is 0 Å². The standard InChI is InChI=1S/C19H21F5N4O2S/c1-11(26-13-4-3-5-14(8-13)31(25)29)16-15(19(22,23)24)17(30-2)27-28(16)10-12-6-7-18(20,21)9-12/h3-5,8,12,26H,1,6-7,9-10,25H2,2H3. The lowest BCUT2D eigenvalue weighted by Crippen LogP contribution is -2.18. The normalized spacial score (nSPS) is 19.3. The molecular formula is C19H21F5N4O2S. The average Bonchev–Trinajstić information content (AvgIpc) is 3.21. The Hall–Kier alpha value is -2.47. The van der Waals surface area contributed by atoms with Crippen LogP contribution < -0.4 is 15.2 Å². The number of anilines is 1. The molecule has 2 atom stereocenters. The summed E-state index contributed by atoms with van der Waals surface area (Å²) < 4.78 is 86.0. The number of hydrogen-bond acceptors (Lipinski definition) is 4. The second kappa shape index (κ2) is 8.58. The molecule has 2 aromatic rings. The Bertz CT molecular complexity index is 1010. The van der Waals surface area contributed by atoms with Crippen molar-refractivity contribution in [3.8, 4) is 5.88 Å². The summed E-state index contributed by atoms with van der Waals surface area (Å²) in [4.78, 5) is 0.258. The van der Waals surface area contributed by atoms with Crippen molar-refractivity contribution in [1.29, 1.82) is 0 Å². The highest BCUT2D eigenvalue weighted by Gasteiger charge is 2.44. The number of halogens is 5. The van der Waals surface area contributed by atoms with Gasteiger partial charge in [0, 0.05) is 25.1 Å². The fourth-order valence-electron chi connectivity index (χ4n) is 3.65. The Morgan fingerprint density at radius 3 is 2.71 bits per heavy atom. The van der Waals surface area contributed by atoms with E-state index in [-0.39, 0.29) is 30.0 Å². The van der Waals surface area contributed by atoms with Gasteiger partial charge in [-0.3, -0.25) is 4.68 Å². The summed E-state index contributed by atoms with van der Waals surface area (Å²) in [5.74, 6) is -4.06. The summed E-state index contributed by atoms with van der Waals surface area (Å²) in [6.07, 6.45) is -5.41. The molecule has 1 aliphatic carbocycles. The lowest BCUT2D eigenvalue weighted by atomic mass is 10.1. The predicted molar refractivity (Wildman–Crippen MR) is 106 cm³/mol. The topological polar surface area (TPSA) is 82.2 Å². The SMILES string of the molecule is C=C(Nc1cccc(S(N)=O)c1)c1c(C(F)(F)F)c(OC)nn1CC1CCC(F)(F)C1. The highest BCUT2D eigenvalue weighted by Crippen LogP contribution is 2.43. The first-order valence-corrected chi connectivity index (χ1v) is 10.4. The van der Waals surface area contributed by atoms with E-state index in [4.69, 9.17) is 9.88 Å². The minimum atomic E-state index is -4.83. The number of nitrogens with zero attached hydrogens (tertiary/aromatic N) is 2. The van der Waals surface area contributed by atoms with Gasteiger partial charge in [0.1, 0.15) is 22.2 Å². The summed E-state index contributed by atoms with van der Waals surface area (Å²) >= 11 is 0. The average molecular weight is 464 g/mol. The quantitative estimate of drug-likeness (QED) is 0.595. The van der Waals surface area contributed by atoms with Gasteiger partial charge in [0.2, 0.25) is 11.8 Å². The lowest BCUT2D eigenvalue weighted by molar-refractivity contribution is -0.139. The molecule has 31 heavy (non-hydrogen) atoms. The maximum absolute atomic E-state index is 13.8. The molecule has 3 rings (SSSR count). The van der Waals surface area contributed by atoms with Crippen LogP contribution in [-0.2, 0) is 23.7 Å². The highest BCUT2D eigenvalue weighted by atomic mass is 32.2. The molecule has 12 heteroatoms. The first kappa shape index (κ1) is 23.2. The van der Waals surface area contributed by atoms with E-state index >= 15 is 0 Å². The number of aromatic nitrogens is 2. The molecule has 1 heterocycles. The van der Waals surface area contributed by atoms with E-state index in [2.05, 4.69) is 17.0 Å². The molecule has 0 bridgehead atoms. The fourth-order valence-corrected chi connectivity index (χ4v) is 4.11. The maximum atomic E-state index is 13.8. The number of alkyl halides is 5. The van der Waals surface area contributed by atoms with Gasteiger partial charge < -0.3 is 10.1 Å². The van der Waals surface area contributed by atoms with Gasteiger partial charge in [-0.2, -0.15) is 13.2 Å². The molecular weight excluding hydrogens is 443 g/mol. The van der Waals surface area contributed by atoms with Crippen LogP contribution in [0, 0.1) is 5.92 Å². The summed E-state index contributed by atoms with van der Waals surface area (Å²) in [5.41, 5.74) is -1.45. The van der Waals surface area contributed by atoms with Gasteiger partial charge >= 0.3 is 6.18 Å². The van der Waals surface area contributed by atoms with E-state index in [1.807, 2.05) is 0 Å². The van der Waals surface area contributed by atoms with Crippen molar-refractivity contribution < 1.29 is 30.9 Å². The molecule has 1 aromatic heterocycles. The largest absolute Gasteiger partial charge is 0.479 e. The number of hydrogen-bond donors (Lipinski definition) is 2. The summed E-state index contributed by atoms with van der Waals surface area (Å²) in [5, 5.41) is 12.0. The van der Waals surface area contributed by atoms with E-state index in [0.717, 1.165) is 11.8 Å². The predicted octanol–water partition coefficient (Wildman–Crippen LogP) is 4.41. The maximum Gasteiger partial charge on any atom is 0.423 e. The number of rotatable bonds is 7. The summed E-state index contributed by atoms with van der Waals surface area (Å²) in [6, 6.07) is 5.96. The second-order valence-electron chi connectivity index (χ2n) is 7.31. The molecule has 0 aliphatic heterocycles. The zero-order valence-electron chi connectivity index (χ0n) is 16.5. The fraction of sp³-hybridized carbons (Fsp3) is 0.421. The van der Waals surface area contributed by atoms with Gasteiger partial charge in [-0.25, -0.2) is 18.1 Å². The van der Waals surface area contributed by atoms with E-state index in [1.165, 1.54) is 24.3 Å². The van der Waals surface area contributed by atoms with Crippen molar-refractivity contribution in [1.82, 2.24) is 9.78 Å². The van der Waals surface area contributed by atoms with Gasteiger partial charge in [0.05, 0.1) is 17.7 Å². The first-order chi connectivity index (χ1) is 14.4. The molecule has 3 N–H and O–H groups in total. The lowest BCUT2D eigenvalue weighted by Gasteiger charge is -2.17. The van der Waals surface area contributed by atoms with Crippen molar-refractivity contribution in [2.45, 2.75) is 42.8 Å². The van der Waals surface area contributed by atoms with Crippen LogP contribution in [0.1, 0.15) is 30.5 Å². The van der Waals surface area contributed by atoms with Gasteiger partial charge in [0.15, 0.2) is 0 Å². The number of ether oxygens (including phenoxy) is 1. The minimum Gasteiger partial charge on any atom is -0.479 e. The molecule has 170 valence electrons. The molecule has 0 amide bonds. The second-order valence-corrected chi connectivity index (χ2v) is 8.37. The molecule has 0 radical (unpaired) electrons. The molecule has 0 saturated heterocycles. The van der Waals surface area contributed by atoms with Crippen LogP contribution in [-0.4, -0.2) is 27.0 Å². The molecule has 2 unspecified atom stereocenters. The third-order valence-electron chi connectivity index (χ3n) is 4.98. The zero-order chi connectivity index (χ0) is 23.0. The van der Waals surface area contributed by atoms with Crippen molar-refractivity contribution in [3.63, 3.8) is 0 Å². The number of nitrogens with one attached hydrogen (secondary N) is 1. The molecule has 0 spiro atoms. The molecule has 1 fully saturated rings. The monoisotopic (exact) mass is 464 g/mol. The van der Waals surface area contributed by atoms with Crippen molar-refractivity contribution >= 4 is 22.4 Å². The first-order valence-electron chi connectivity index (χ1n) is 9.23. The molecule has 6 nitrogen and oxygen atoms in total. The third-order valence-corrected chi connectivity index (χ3v) is 5.70. The Kier molecular flexibility index (Phi) is 6.42. The molecule has 1 aliphatic rings. The number of nitrogens with two attached hydrogens (primary N) is 1. The van der Waals surface area contributed by atoms with Crippen LogP contribution in [0.5, 0.6) is 5.88 Å². The highest BCUT2D eigenvalue weighted by molar-refractivity contribution is 7.82. The van der Waals surface area contributed by atoms with Gasteiger partial charge in [-0.05, 0) is 30.5 Å². The van der Waals surface area contributed by atoms with Crippen LogP contribution in [0.2, 0.25) is 0 Å². The van der Waals surface area contributed by atoms with E-state index < -0.39 is 52.6 Å².